The van der Waals surface area contributed by atoms with E-state index in [2.05, 4.69) is 29.1 Å². The zero-order chi connectivity index (χ0) is 8.97. The molecule has 0 atom stereocenters. The quantitative estimate of drug-likeness (QED) is 0.741. The number of hydrogen-bond acceptors (Lipinski definition) is 3. The topological polar surface area (TPSA) is 37.8 Å². The lowest BCUT2D eigenvalue weighted by molar-refractivity contribution is 0.644. The van der Waals surface area contributed by atoms with Gasteiger partial charge in [-0.1, -0.05) is 13.8 Å². The average molecular weight is 165 g/mol. The third-order valence-electron chi connectivity index (χ3n) is 1.57. The molecule has 3 nitrogen and oxygen atoms in total. The van der Waals surface area contributed by atoms with E-state index in [0.717, 1.165) is 6.42 Å². The summed E-state index contributed by atoms with van der Waals surface area (Å²) in [5.41, 5.74) is 1.20. The first-order valence-corrected chi connectivity index (χ1v) is 4.21. The first kappa shape index (κ1) is 8.97. The van der Waals surface area contributed by atoms with Gasteiger partial charge in [-0.25, -0.2) is 9.97 Å². The average Bonchev–Trinajstić information content (AvgIpc) is 2.05. The van der Waals surface area contributed by atoms with Gasteiger partial charge in [-0.3, -0.25) is 0 Å². The fraction of sp³-hybridized carbons (Fsp3) is 0.556. The maximum absolute atomic E-state index is 4.13. The van der Waals surface area contributed by atoms with E-state index >= 15 is 0 Å². The first-order valence-electron chi connectivity index (χ1n) is 4.21. The van der Waals surface area contributed by atoms with Crippen LogP contribution in [0.25, 0.3) is 0 Å². The van der Waals surface area contributed by atoms with E-state index in [0.29, 0.717) is 11.9 Å². The molecule has 1 aromatic heterocycles. The molecule has 0 amide bonds. The van der Waals surface area contributed by atoms with Crippen molar-refractivity contribution in [3.8, 4) is 0 Å². The van der Waals surface area contributed by atoms with E-state index in [-0.39, 0.29) is 0 Å². The highest BCUT2D eigenvalue weighted by atomic mass is 15.1. The van der Waals surface area contributed by atoms with E-state index in [4.69, 9.17) is 0 Å². The van der Waals surface area contributed by atoms with Crippen LogP contribution in [0.5, 0.6) is 0 Å². The highest BCUT2D eigenvalue weighted by Gasteiger charge is 1.98. The monoisotopic (exact) mass is 165 g/mol. The molecule has 1 aromatic rings. The summed E-state index contributed by atoms with van der Waals surface area (Å²) in [5.74, 6) is 1.34. The third kappa shape index (κ3) is 2.49. The minimum absolute atomic E-state index is 0.661. The molecule has 0 fully saturated rings. The predicted molar refractivity (Wildman–Crippen MR) is 50.1 cm³/mol. The molecule has 0 aliphatic rings. The molecule has 1 N–H and O–H groups in total. The van der Waals surface area contributed by atoms with Crippen LogP contribution in [0, 0.1) is 5.92 Å². The standard InChI is InChI=1S/C9H15N3/c1-7(2)4-8-5-11-9(10-3)12-6-8/h5-7H,4H2,1-3H3,(H,10,11,12). The molecule has 0 saturated carbocycles. The molecule has 1 heterocycles. The van der Waals surface area contributed by atoms with Crippen molar-refractivity contribution in [1.82, 2.24) is 9.97 Å². The smallest absolute Gasteiger partial charge is 0.222 e. The minimum Gasteiger partial charge on any atom is -0.357 e. The zero-order valence-electron chi connectivity index (χ0n) is 7.83. The molecule has 0 aliphatic carbocycles. The lowest BCUT2D eigenvalue weighted by Gasteiger charge is -2.04. The van der Waals surface area contributed by atoms with Crippen LogP contribution >= 0.6 is 0 Å². The molecule has 12 heavy (non-hydrogen) atoms. The van der Waals surface area contributed by atoms with Gasteiger partial charge in [-0.2, -0.15) is 0 Å². The molecule has 0 spiro atoms. The van der Waals surface area contributed by atoms with Crippen LogP contribution in [-0.2, 0) is 6.42 Å². The van der Waals surface area contributed by atoms with Gasteiger partial charge >= 0.3 is 0 Å². The number of nitrogens with zero attached hydrogens (tertiary/aromatic N) is 2. The van der Waals surface area contributed by atoms with Gasteiger partial charge in [0.15, 0.2) is 0 Å². The summed E-state index contributed by atoms with van der Waals surface area (Å²) in [5, 5.41) is 2.89. The second-order valence-corrected chi connectivity index (χ2v) is 3.26. The molecule has 0 bridgehead atoms. The van der Waals surface area contributed by atoms with Crippen LogP contribution in [0.1, 0.15) is 19.4 Å². The summed E-state index contributed by atoms with van der Waals surface area (Å²) in [6.45, 7) is 4.37. The highest BCUT2D eigenvalue weighted by Crippen LogP contribution is 2.06. The minimum atomic E-state index is 0.661. The van der Waals surface area contributed by atoms with Gasteiger partial charge in [0, 0.05) is 19.4 Å². The number of hydrogen-bond donors (Lipinski definition) is 1. The van der Waals surface area contributed by atoms with Crippen LogP contribution in [-0.4, -0.2) is 17.0 Å². The number of nitrogens with one attached hydrogen (secondary N) is 1. The van der Waals surface area contributed by atoms with Crippen molar-refractivity contribution in [2.45, 2.75) is 20.3 Å². The van der Waals surface area contributed by atoms with Crippen LogP contribution < -0.4 is 5.32 Å². The van der Waals surface area contributed by atoms with Gasteiger partial charge in [0.05, 0.1) is 0 Å². The SMILES string of the molecule is CNc1ncc(CC(C)C)cn1. The highest BCUT2D eigenvalue weighted by molar-refractivity contribution is 5.23. The molecular weight excluding hydrogens is 150 g/mol. The van der Waals surface area contributed by atoms with Gasteiger partial charge in [0.2, 0.25) is 5.95 Å². The van der Waals surface area contributed by atoms with Crippen LogP contribution in [0.3, 0.4) is 0 Å². The largest absolute Gasteiger partial charge is 0.357 e. The van der Waals surface area contributed by atoms with E-state index in [1.807, 2.05) is 19.4 Å². The van der Waals surface area contributed by atoms with E-state index in [9.17, 15) is 0 Å². The second kappa shape index (κ2) is 4.04. The van der Waals surface area contributed by atoms with Crippen molar-refractivity contribution in [3.63, 3.8) is 0 Å². The van der Waals surface area contributed by atoms with Crippen LogP contribution in [0.15, 0.2) is 12.4 Å². The summed E-state index contributed by atoms with van der Waals surface area (Å²) in [4.78, 5) is 8.26. The Morgan fingerprint density at radius 1 is 1.33 bits per heavy atom. The number of rotatable bonds is 3. The fourth-order valence-corrected chi connectivity index (χ4v) is 1.06. The predicted octanol–water partition coefficient (Wildman–Crippen LogP) is 1.72. The molecule has 1 rings (SSSR count). The van der Waals surface area contributed by atoms with Crippen LogP contribution in [0.2, 0.25) is 0 Å². The Bertz CT molecular complexity index is 228. The summed E-state index contributed by atoms with van der Waals surface area (Å²) < 4.78 is 0. The van der Waals surface area contributed by atoms with Gasteiger partial charge in [0.1, 0.15) is 0 Å². The van der Waals surface area contributed by atoms with Gasteiger partial charge < -0.3 is 5.32 Å². The Kier molecular flexibility index (Phi) is 3.02. The second-order valence-electron chi connectivity index (χ2n) is 3.26. The fourth-order valence-electron chi connectivity index (χ4n) is 1.06. The Balaban J connectivity index is 2.65. The first-order chi connectivity index (χ1) is 5.72. The Morgan fingerprint density at radius 3 is 2.33 bits per heavy atom. The molecule has 0 aliphatic heterocycles. The van der Waals surface area contributed by atoms with Crippen molar-refractivity contribution >= 4 is 5.95 Å². The molecule has 0 saturated heterocycles. The number of anilines is 1. The lowest BCUT2D eigenvalue weighted by Crippen LogP contribution is -1.99. The Morgan fingerprint density at radius 2 is 1.92 bits per heavy atom. The van der Waals surface area contributed by atoms with Gasteiger partial charge in [-0.05, 0) is 17.9 Å². The summed E-state index contributed by atoms with van der Waals surface area (Å²) >= 11 is 0. The normalized spacial score (nSPS) is 10.3. The van der Waals surface area contributed by atoms with Crippen molar-refractivity contribution in [3.05, 3.63) is 18.0 Å². The molecule has 0 radical (unpaired) electrons. The number of aromatic nitrogens is 2. The summed E-state index contributed by atoms with van der Waals surface area (Å²) in [7, 11) is 1.82. The third-order valence-corrected chi connectivity index (χ3v) is 1.57. The van der Waals surface area contributed by atoms with Crippen molar-refractivity contribution in [2.24, 2.45) is 5.92 Å². The summed E-state index contributed by atoms with van der Waals surface area (Å²) in [6.07, 6.45) is 4.79. The Hall–Kier alpha value is -1.12. The molecule has 0 unspecified atom stereocenters. The van der Waals surface area contributed by atoms with Crippen molar-refractivity contribution in [2.75, 3.05) is 12.4 Å². The Labute approximate surface area is 73.2 Å². The molecular formula is C9H15N3. The van der Waals surface area contributed by atoms with Crippen molar-refractivity contribution < 1.29 is 0 Å². The van der Waals surface area contributed by atoms with E-state index < -0.39 is 0 Å². The molecule has 66 valence electrons. The maximum Gasteiger partial charge on any atom is 0.222 e. The van der Waals surface area contributed by atoms with Gasteiger partial charge in [-0.15, -0.1) is 0 Å². The van der Waals surface area contributed by atoms with E-state index in [1.54, 1.807) is 0 Å². The van der Waals surface area contributed by atoms with E-state index in [1.165, 1.54) is 5.56 Å². The molecule has 0 aromatic carbocycles. The van der Waals surface area contributed by atoms with Gasteiger partial charge in [0.25, 0.3) is 0 Å². The molecule has 3 heteroatoms. The van der Waals surface area contributed by atoms with Crippen LogP contribution in [0.4, 0.5) is 5.95 Å². The lowest BCUT2D eigenvalue weighted by atomic mass is 10.1. The summed E-state index contributed by atoms with van der Waals surface area (Å²) in [6, 6.07) is 0. The zero-order valence-corrected chi connectivity index (χ0v) is 7.83. The maximum atomic E-state index is 4.13. The van der Waals surface area contributed by atoms with Crippen molar-refractivity contribution in [1.29, 1.82) is 0 Å².